The number of fused-ring (bicyclic) bond motifs is 1. The summed E-state index contributed by atoms with van der Waals surface area (Å²) in [6, 6.07) is 5.85. The van der Waals surface area contributed by atoms with Gasteiger partial charge in [-0.2, -0.15) is 0 Å². The number of carbonyl (C=O) groups is 2. The van der Waals surface area contributed by atoms with Crippen LogP contribution in [0, 0.1) is 0 Å². The molecular formula is C15H17BrN2O2. The molecule has 2 amide bonds. The van der Waals surface area contributed by atoms with Gasteiger partial charge in [0.25, 0.3) is 11.8 Å². The van der Waals surface area contributed by atoms with Crippen molar-refractivity contribution in [2.45, 2.75) is 37.8 Å². The second-order valence-corrected chi connectivity index (χ2v) is 6.38. The second-order valence-electron chi connectivity index (χ2n) is 5.46. The number of benzene rings is 1. The van der Waals surface area contributed by atoms with Crippen LogP contribution in [0.2, 0.25) is 0 Å². The molecule has 20 heavy (non-hydrogen) atoms. The fourth-order valence-electron chi connectivity index (χ4n) is 3.19. The smallest absolute Gasteiger partial charge is 0.261 e. The standard InChI is InChI=1S/C15H17BrN2O2/c1-17-10-3-5-11(6-4-10)18-14(19)12-7-2-9(16)8-13(12)15(18)20/h2,7-8,10-11,17H,3-6H2,1H3. The highest BCUT2D eigenvalue weighted by Crippen LogP contribution is 2.32. The maximum absolute atomic E-state index is 12.5. The zero-order valence-corrected chi connectivity index (χ0v) is 12.9. The highest BCUT2D eigenvalue weighted by Gasteiger charge is 2.40. The van der Waals surface area contributed by atoms with Crippen LogP contribution < -0.4 is 5.32 Å². The van der Waals surface area contributed by atoms with Gasteiger partial charge in [-0.25, -0.2) is 0 Å². The second kappa shape index (κ2) is 5.30. The van der Waals surface area contributed by atoms with E-state index in [-0.39, 0.29) is 17.9 Å². The third-order valence-electron chi connectivity index (χ3n) is 4.35. The van der Waals surface area contributed by atoms with E-state index in [0.717, 1.165) is 30.2 Å². The molecule has 0 aromatic heterocycles. The Morgan fingerprint density at radius 1 is 1.10 bits per heavy atom. The SMILES string of the molecule is CNC1CCC(N2C(=O)c3ccc(Br)cc3C2=O)CC1. The van der Waals surface area contributed by atoms with E-state index in [2.05, 4.69) is 21.2 Å². The van der Waals surface area contributed by atoms with Crippen molar-refractivity contribution in [3.63, 3.8) is 0 Å². The third-order valence-corrected chi connectivity index (χ3v) is 4.84. The van der Waals surface area contributed by atoms with Gasteiger partial charge < -0.3 is 5.32 Å². The largest absolute Gasteiger partial charge is 0.317 e. The Kier molecular flexibility index (Phi) is 3.65. The molecular weight excluding hydrogens is 320 g/mol. The van der Waals surface area contributed by atoms with Crippen LogP contribution in [0.3, 0.4) is 0 Å². The Balaban J connectivity index is 1.83. The highest BCUT2D eigenvalue weighted by molar-refractivity contribution is 9.10. The molecule has 1 fully saturated rings. The summed E-state index contributed by atoms with van der Waals surface area (Å²) in [7, 11) is 1.96. The van der Waals surface area contributed by atoms with Crippen molar-refractivity contribution in [2.24, 2.45) is 0 Å². The van der Waals surface area contributed by atoms with Gasteiger partial charge in [-0.1, -0.05) is 15.9 Å². The number of hydrogen-bond donors (Lipinski definition) is 1. The molecule has 3 rings (SSSR count). The summed E-state index contributed by atoms with van der Waals surface area (Å²) < 4.78 is 0.832. The molecule has 1 aliphatic carbocycles. The van der Waals surface area contributed by atoms with Crippen molar-refractivity contribution in [1.29, 1.82) is 0 Å². The summed E-state index contributed by atoms with van der Waals surface area (Å²) in [4.78, 5) is 26.4. The van der Waals surface area contributed by atoms with Crippen LogP contribution in [0.25, 0.3) is 0 Å². The number of carbonyl (C=O) groups excluding carboxylic acids is 2. The van der Waals surface area contributed by atoms with Gasteiger partial charge in [-0.3, -0.25) is 14.5 Å². The minimum absolute atomic E-state index is 0.0470. The molecule has 106 valence electrons. The van der Waals surface area contributed by atoms with E-state index in [9.17, 15) is 9.59 Å². The quantitative estimate of drug-likeness (QED) is 0.844. The molecule has 1 aliphatic heterocycles. The predicted octanol–water partition coefficient (Wildman–Crippen LogP) is 2.58. The number of nitrogens with zero attached hydrogens (tertiary/aromatic N) is 1. The molecule has 1 heterocycles. The van der Waals surface area contributed by atoms with Gasteiger partial charge in [0.1, 0.15) is 0 Å². The first-order valence-electron chi connectivity index (χ1n) is 6.96. The molecule has 1 aromatic rings. The van der Waals surface area contributed by atoms with Gasteiger partial charge >= 0.3 is 0 Å². The first-order valence-corrected chi connectivity index (χ1v) is 7.76. The van der Waals surface area contributed by atoms with E-state index in [1.807, 2.05) is 13.1 Å². The average molecular weight is 337 g/mol. The maximum atomic E-state index is 12.5. The van der Waals surface area contributed by atoms with Crippen molar-refractivity contribution < 1.29 is 9.59 Å². The van der Waals surface area contributed by atoms with Crippen molar-refractivity contribution in [3.05, 3.63) is 33.8 Å². The molecule has 2 aliphatic rings. The van der Waals surface area contributed by atoms with Crippen LogP contribution in [0.5, 0.6) is 0 Å². The van der Waals surface area contributed by atoms with Gasteiger partial charge in [-0.05, 0) is 50.9 Å². The van der Waals surface area contributed by atoms with Crippen molar-refractivity contribution in [3.8, 4) is 0 Å². The molecule has 0 radical (unpaired) electrons. The maximum Gasteiger partial charge on any atom is 0.261 e. The fraction of sp³-hybridized carbons (Fsp3) is 0.467. The van der Waals surface area contributed by atoms with Crippen molar-refractivity contribution in [2.75, 3.05) is 7.05 Å². The number of imide groups is 1. The number of hydrogen-bond acceptors (Lipinski definition) is 3. The van der Waals surface area contributed by atoms with Crippen LogP contribution in [0.15, 0.2) is 22.7 Å². The number of nitrogens with one attached hydrogen (secondary N) is 1. The summed E-state index contributed by atoms with van der Waals surface area (Å²) in [5, 5.41) is 3.27. The van der Waals surface area contributed by atoms with E-state index >= 15 is 0 Å². The lowest BCUT2D eigenvalue weighted by Crippen LogP contribution is -2.44. The van der Waals surface area contributed by atoms with Crippen LogP contribution in [-0.4, -0.2) is 35.8 Å². The highest BCUT2D eigenvalue weighted by atomic mass is 79.9. The molecule has 4 nitrogen and oxygen atoms in total. The molecule has 1 saturated carbocycles. The molecule has 1 N–H and O–H groups in total. The van der Waals surface area contributed by atoms with Crippen molar-refractivity contribution in [1.82, 2.24) is 10.2 Å². The Labute approximate surface area is 126 Å². The Morgan fingerprint density at radius 2 is 1.75 bits per heavy atom. The average Bonchev–Trinajstić information content (AvgIpc) is 2.71. The summed E-state index contributed by atoms with van der Waals surface area (Å²) in [6.07, 6.45) is 3.80. The summed E-state index contributed by atoms with van der Waals surface area (Å²) in [6.45, 7) is 0. The zero-order chi connectivity index (χ0) is 14.3. The summed E-state index contributed by atoms with van der Waals surface area (Å²) in [5.41, 5.74) is 1.06. The van der Waals surface area contributed by atoms with Crippen molar-refractivity contribution >= 4 is 27.7 Å². The Bertz CT molecular complexity index is 565. The fourth-order valence-corrected chi connectivity index (χ4v) is 3.55. The Hall–Kier alpha value is -1.20. The van der Waals surface area contributed by atoms with Gasteiger partial charge in [-0.15, -0.1) is 0 Å². The van der Waals surface area contributed by atoms with Crippen LogP contribution in [0.4, 0.5) is 0 Å². The first-order chi connectivity index (χ1) is 9.61. The first kappa shape index (κ1) is 13.8. The van der Waals surface area contributed by atoms with Crippen LogP contribution >= 0.6 is 15.9 Å². The van der Waals surface area contributed by atoms with E-state index in [4.69, 9.17) is 0 Å². The Morgan fingerprint density at radius 3 is 2.40 bits per heavy atom. The van der Waals surface area contributed by atoms with Crippen LogP contribution in [0.1, 0.15) is 46.4 Å². The molecule has 0 unspecified atom stereocenters. The van der Waals surface area contributed by atoms with E-state index in [1.165, 1.54) is 4.90 Å². The van der Waals surface area contributed by atoms with E-state index in [1.54, 1.807) is 12.1 Å². The third kappa shape index (κ3) is 2.19. The van der Waals surface area contributed by atoms with E-state index < -0.39 is 0 Å². The monoisotopic (exact) mass is 336 g/mol. The lowest BCUT2D eigenvalue weighted by molar-refractivity contribution is 0.0539. The number of rotatable bonds is 2. The van der Waals surface area contributed by atoms with E-state index in [0.29, 0.717) is 17.2 Å². The van der Waals surface area contributed by atoms with Crippen LogP contribution in [-0.2, 0) is 0 Å². The number of amides is 2. The van der Waals surface area contributed by atoms with Gasteiger partial charge in [0.15, 0.2) is 0 Å². The molecule has 0 atom stereocenters. The minimum atomic E-state index is -0.140. The normalized spacial score (nSPS) is 26.0. The summed E-state index contributed by atoms with van der Waals surface area (Å²) in [5.74, 6) is -0.274. The molecule has 5 heteroatoms. The van der Waals surface area contributed by atoms with Gasteiger partial charge in [0.2, 0.25) is 0 Å². The number of halogens is 1. The predicted molar refractivity (Wildman–Crippen MR) is 79.7 cm³/mol. The molecule has 0 spiro atoms. The molecule has 1 aromatic carbocycles. The van der Waals surface area contributed by atoms with Gasteiger partial charge in [0.05, 0.1) is 11.1 Å². The summed E-state index contributed by atoms with van der Waals surface area (Å²) >= 11 is 3.36. The zero-order valence-electron chi connectivity index (χ0n) is 11.4. The lowest BCUT2D eigenvalue weighted by Gasteiger charge is -2.33. The van der Waals surface area contributed by atoms with Gasteiger partial charge in [0, 0.05) is 16.6 Å². The lowest BCUT2D eigenvalue weighted by atomic mass is 9.90. The topological polar surface area (TPSA) is 49.4 Å². The molecule has 0 bridgehead atoms. The molecule has 0 saturated heterocycles. The minimum Gasteiger partial charge on any atom is -0.317 e.